The van der Waals surface area contributed by atoms with Gasteiger partial charge in [-0.05, 0) is 30.2 Å². The van der Waals surface area contributed by atoms with E-state index in [-0.39, 0.29) is 5.57 Å². The van der Waals surface area contributed by atoms with Crippen LogP contribution < -0.4 is 4.74 Å². The monoisotopic (exact) mass is 302 g/mol. The Balaban J connectivity index is 2.20. The lowest BCUT2D eigenvalue weighted by molar-refractivity contribution is -0.133. The number of methoxy groups -OCH3 is 2. The quantitative estimate of drug-likeness (QED) is 0.475. The number of rotatable bonds is 5. The fourth-order valence-electron chi connectivity index (χ4n) is 1.88. The molecule has 0 saturated heterocycles. The molecule has 0 aliphatic carbocycles. The van der Waals surface area contributed by atoms with Gasteiger partial charge in [-0.2, -0.15) is 0 Å². The zero-order valence-corrected chi connectivity index (χ0v) is 12.8. The lowest BCUT2D eigenvalue weighted by atomic mass is 10.1. The maximum atomic E-state index is 11.9. The van der Waals surface area contributed by atoms with Gasteiger partial charge in [0.1, 0.15) is 23.3 Å². The molecule has 1 aliphatic rings. The Bertz CT molecular complexity index is 625. The maximum Gasteiger partial charge on any atom is 0.341 e. The number of ether oxygens (including phenoxy) is 4. The highest BCUT2D eigenvalue weighted by Crippen LogP contribution is 2.24. The molecule has 0 N–H and O–H groups in total. The summed E-state index contributed by atoms with van der Waals surface area (Å²) in [5.41, 5.74) is 1.85. The molecule has 0 radical (unpaired) electrons. The minimum atomic E-state index is -0.592. The highest BCUT2D eigenvalue weighted by atomic mass is 16.7. The first-order chi connectivity index (χ1) is 10.5. The first-order valence-corrected chi connectivity index (χ1v) is 6.68. The van der Waals surface area contributed by atoms with Crippen molar-refractivity contribution in [2.45, 2.75) is 13.2 Å². The van der Waals surface area contributed by atoms with Crippen molar-refractivity contribution in [3.8, 4) is 5.75 Å². The third kappa shape index (κ3) is 3.49. The Labute approximate surface area is 129 Å². The summed E-state index contributed by atoms with van der Waals surface area (Å²) in [6.07, 6.45) is 2.52. The van der Waals surface area contributed by atoms with Crippen LogP contribution in [0.2, 0.25) is 0 Å². The van der Waals surface area contributed by atoms with Gasteiger partial charge in [-0.25, -0.2) is 4.79 Å². The van der Waals surface area contributed by atoms with Gasteiger partial charge in [0.05, 0.1) is 14.2 Å². The predicted molar refractivity (Wildman–Crippen MR) is 81.8 cm³/mol. The minimum absolute atomic E-state index is 0.289. The summed E-state index contributed by atoms with van der Waals surface area (Å²) in [6.45, 7) is 5.62. The largest absolute Gasteiger partial charge is 0.497 e. The lowest BCUT2D eigenvalue weighted by Gasteiger charge is -2.12. The molecule has 22 heavy (non-hydrogen) atoms. The van der Waals surface area contributed by atoms with E-state index >= 15 is 0 Å². The second-order valence-corrected chi connectivity index (χ2v) is 4.65. The molecule has 0 saturated carbocycles. The average Bonchev–Trinajstić information content (AvgIpc) is 2.86. The fourth-order valence-corrected chi connectivity index (χ4v) is 1.88. The van der Waals surface area contributed by atoms with Crippen LogP contribution in [-0.2, 0) is 19.0 Å². The van der Waals surface area contributed by atoms with E-state index in [1.807, 2.05) is 6.92 Å². The second-order valence-electron chi connectivity index (χ2n) is 4.65. The molecule has 1 aromatic carbocycles. The number of benzene rings is 1. The van der Waals surface area contributed by atoms with E-state index in [0.29, 0.717) is 17.1 Å². The van der Waals surface area contributed by atoms with Gasteiger partial charge in [0.15, 0.2) is 0 Å². The molecule has 1 aromatic rings. The van der Waals surface area contributed by atoms with E-state index in [4.69, 9.17) is 18.9 Å². The van der Waals surface area contributed by atoms with Crippen LogP contribution in [-0.4, -0.2) is 26.5 Å². The number of allylic oxidation sites excluding steroid dienone is 1. The van der Waals surface area contributed by atoms with Crippen molar-refractivity contribution in [1.29, 1.82) is 0 Å². The van der Waals surface area contributed by atoms with E-state index < -0.39 is 12.3 Å². The highest BCUT2D eigenvalue weighted by molar-refractivity contribution is 6.16. The molecule has 5 nitrogen and oxygen atoms in total. The van der Waals surface area contributed by atoms with E-state index in [1.54, 1.807) is 37.5 Å². The first-order valence-electron chi connectivity index (χ1n) is 6.68. The number of hydrogen-bond acceptors (Lipinski definition) is 5. The van der Waals surface area contributed by atoms with Gasteiger partial charge >= 0.3 is 5.97 Å². The van der Waals surface area contributed by atoms with Gasteiger partial charge in [0.25, 0.3) is 6.29 Å². The van der Waals surface area contributed by atoms with E-state index in [2.05, 4.69) is 6.58 Å². The summed E-state index contributed by atoms with van der Waals surface area (Å²) in [5, 5.41) is 0. The lowest BCUT2D eigenvalue weighted by Crippen LogP contribution is -2.09. The van der Waals surface area contributed by atoms with Crippen molar-refractivity contribution in [3.05, 3.63) is 60.1 Å². The Morgan fingerprint density at radius 2 is 1.95 bits per heavy atom. The van der Waals surface area contributed by atoms with Crippen molar-refractivity contribution in [3.63, 3.8) is 0 Å². The maximum absolute atomic E-state index is 11.9. The third-order valence-corrected chi connectivity index (χ3v) is 3.21. The molecule has 1 unspecified atom stereocenters. The minimum Gasteiger partial charge on any atom is -0.497 e. The van der Waals surface area contributed by atoms with Crippen LogP contribution in [0.5, 0.6) is 5.75 Å². The molecule has 2 rings (SSSR count). The van der Waals surface area contributed by atoms with E-state index in [9.17, 15) is 4.79 Å². The van der Waals surface area contributed by atoms with Crippen molar-refractivity contribution in [2.75, 3.05) is 14.2 Å². The topological polar surface area (TPSA) is 54.0 Å². The van der Waals surface area contributed by atoms with Crippen LogP contribution in [0.15, 0.2) is 54.5 Å². The van der Waals surface area contributed by atoms with Gasteiger partial charge in [-0.3, -0.25) is 0 Å². The molecular weight excluding hydrogens is 284 g/mol. The van der Waals surface area contributed by atoms with E-state index in [1.165, 1.54) is 13.4 Å². The van der Waals surface area contributed by atoms with E-state index in [0.717, 1.165) is 5.57 Å². The molecular formula is C17H18O5. The van der Waals surface area contributed by atoms with Gasteiger partial charge in [-0.1, -0.05) is 18.7 Å². The Morgan fingerprint density at radius 1 is 1.27 bits per heavy atom. The van der Waals surface area contributed by atoms with Gasteiger partial charge < -0.3 is 18.9 Å². The second kappa shape index (κ2) is 6.85. The Morgan fingerprint density at radius 3 is 2.45 bits per heavy atom. The van der Waals surface area contributed by atoms with Crippen LogP contribution >= 0.6 is 0 Å². The zero-order valence-electron chi connectivity index (χ0n) is 12.8. The highest BCUT2D eigenvalue weighted by Gasteiger charge is 2.19. The SMILES string of the molecule is C=C1OC(O/C=C(/C(=O)OC)c2ccc(OC)cc2)C=C1C. The normalized spacial score (nSPS) is 17.6. The molecule has 5 heteroatoms. The molecule has 1 atom stereocenters. The van der Waals surface area contributed by atoms with Gasteiger partial charge in [0, 0.05) is 6.08 Å². The smallest absolute Gasteiger partial charge is 0.341 e. The summed E-state index contributed by atoms with van der Waals surface area (Å²) in [7, 11) is 2.89. The number of esters is 1. The van der Waals surface area contributed by atoms with Crippen LogP contribution in [0.3, 0.4) is 0 Å². The Hall–Kier alpha value is -2.69. The molecule has 0 aromatic heterocycles. The van der Waals surface area contributed by atoms with Crippen LogP contribution in [0.25, 0.3) is 5.57 Å². The van der Waals surface area contributed by atoms with Crippen LogP contribution in [0, 0.1) is 0 Å². The third-order valence-electron chi connectivity index (χ3n) is 3.21. The van der Waals surface area contributed by atoms with Crippen molar-refractivity contribution in [2.24, 2.45) is 0 Å². The predicted octanol–water partition coefficient (Wildman–Crippen LogP) is 3.04. The summed E-state index contributed by atoms with van der Waals surface area (Å²) < 4.78 is 20.8. The molecule has 116 valence electrons. The summed E-state index contributed by atoms with van der Waals surface area (Å²) in [6, 6.07) is 7.01. The fraction of sp³-hybridized carbons (Fsp3) is 0.235. The summed E-state index contributed by atoms with van der Waals surface area (Å²) in [4.78, 5) is 11.9. The Kier molecular flexibility index (Phi) is 4.88. The zero-order chi connectivity index (χ0) is 16.1. The number of carbonyl (C=O) groups excluding carboxylic acids is 1. The van der Waals surface area contributed by atoms with Gasteiger partial charge in [0.2, 0.25) is 0 Å². The molecule has 1 aliphatic heterocycles. The van der Waals surface area contributed by atoms with Crippen LogP contribution in [0.4, 0.5) is 0 Å². The first kappa shape index (κ1) is 15.7. The number of carbonyl (C=O) groups is 1. The number of hydrogen-bond donors (Lipinski definition) is 0. The molecule has 0 amide bonds. The summed E-state index contributed by atoms with van der Waals surface area (Å²) in [5.74, 6) is 0.757. The summed E-state index contributed by atoms with van der Waals surface area (Å²) >= 11 is 0. The molecule has 1 heterocycles. The molecule has 0 spiro atoms. The van der Waals surface area contributed by atoms with Gasteiger partial charge in [-0.15, -0.1) is 0 Å². The van der Waals surface area contributed by atoms with Crippen molar-refractivity contribution in [1.82, 2.24) is 0 Å². The molecule has 0 bridgehead atoms. The van der Waals surface area contributed by atoms with Crippen LogP contribution in [0.1, 0.15) is 12.5 Å². The average molecular weight is 302 g/mol. The van der Waals surface area contributed by atoms with Crippen molar-refractivity contribution >= 4 is 11.5 Å². The standard InChI is InChI=1S/C17H18O5/c1-11-9-16(22-12(11)2)21-10-15(17(18)20-4)13-5-7-14(19-3)8-6-13/h5-10,16H,2H2,1,3-4H3/b15-10+. The molecule has 0 fully saturated rings. The van der Waals surface area contributed by atoms with Crippen molar-refractivity contribution < 1.29 is 23.7 Å².